The fraction of sp³-hybridized carbons (Fsp3) is 0. The monoisotopic (exact) mass is 502 g/mol. The average Bonchev–Trinajstić information content (AvgIpc) is 3.28. The highest BCUT2D eigenvalue weighted by Gasteiger charge is 2.17. The minimum atomic E-state index is 0.817. The van der Waals surface area contributed by atoms with Crippen molar-refractivity contribution in [3.8, 4) is 39.3 Å². The number of benzene rings is 4. The minimum Gasteiger partial charge on any atom is -0.292 e. The van der Waals surface area contributed by atoms with Crippen molar-refractivity contribution in [1.82, 2.24) is 9.55 Å². The van der Waals surface area contributed by atoms with E-state index < -0.39 is 0 Å². The molecule has 3 heteroatoms. The van der Waals surface area contributed by atoms with E-state index >= 15 is 0 Å². The maximum Gasteiger partial charge on any atom is 0.145 e. The van der Waals surface area contributed by atoms with E-state index in [0.29, 0.717) is 0 Å². The molecule has 0 N–H and O–H groups in total. The van der Waals surface area contributed by atoms with Crippen LogP contribution in [0.4, 0.5) is 0 Å². The van der Waals surface area contributed by atoms with Crippen molar-refractivity contribution in [3.63, 3.8) is 0 Å². The van der Waals surface area contributed by atoms with Crippen LogP contribution in [0.3, 0.4) is 0 Å². The quantitative estimate of drug-likeness (QED) is 0.226. The van der Waals surface area contributed by atoms with Crippen molar-refractivity contribution in [2.45, 2.75) is 0 Å². The molecule has 0 aliphatic heterocycles. The van der Waals surface area contributed by atoms with Gasteiger partial charge < -0.3 is 0 Å². The molecule has 0 amide bonds. The standard InChI is InChI=1S/C31H23BrN2/c1-3-29-30(4-2)34(24-12-6-5-7-13-24)31(33-29)23-20-18-22(19-21-23)25-14-8-9-15-26(25)27-16-10-11-17-28(27)32/h3-21H,1-2H2. The molecule has 2 nitrogen and oxygen atoms in total. The Labute approximate surface area is 208 Å². The lowest BCUT2D eigenvalue weighted by Crippen LogP contribution is -1.99. The van der Waals surface area contributed by atoms with Crippen LogP contribution < -0.4 is 0 Å². The molecule has 1 aromatic heterocycles. The van der Waals surface area contributed by atoms with Crippen LogP contribution in [-0.2, 0) is 0 Å². The summed E-state index contributed by atoms with van der Waals surface area (Å²) in [6.45, 7) is 7.97. The van der Waals surface area contributed by atoms with Crippen molar-refractivity contribution < 1.29 is 0 Å². The minimum absolute atomic E-state index is 0.817. The maximum atomic E-state index is 4.89. The summed E-state index contributed by atoms with van der Waals surface area (Å²) >= 11 is 3.71. The number of hydrogen-bond acceptors (Lipinski definition) is 1. The lowest BCUT2D eigenvalue weighted by molar-refractivity contribution is 1.05. The van der Waals surface area contributed by atoms with Gasteiger partial charge in [-0.2, -0.15) is 0 Å². The second-order valence-electron chi connectivity index (χ2n) is 7.89. The van der Waals surface area contributed by atoms with E-state index in [0.717, 1.165) is 38.5 Å². The van der Waals surface area contributed by atoms with Gasteiger partial charge >= 0.3 is 0 Å². The van der Waals surface area contributed by atoms with Gasteiger partial charge in [0.05, 0.1) is 11.4 Å². The third-order valence-corrected chi connectivity index (χ3v) is 6.58. The van der Waals surface area contributed by atoms with E-state index in [9.17, 15) is 0 Å². The number of para-hydroxylation sites is 1. The van der Waals surface area contributed by atoms with E-state index in [2.05, 4.69) is 113 Å². The van der Waals surface area contributed by atoms with Gasteiger partial charge in [-0.25, -0.2) is 4.98 Å². The molecule has 34 heavy (non-hydrogen) atoms. The SMILES string of the molecule is C=Cc1nc(-c2ccc(-c3ccccc3-c3ccccc3Br)cc2)n(-c2ccccc2)c1C=C. The summed E-state index contributed by atoms with van der Waals surface area (Å²) in [4.78, 5) is 4.89. The molecule has 1 heterocycles. The van der Waals surface area contributed by atoms with Crippen LogP contribution in [0.1, 0.15) is 11.4 Å². The number of imidazole rings is 1. The Balaban J connectivity index is 1.62. The molecule has 164 valence electrons. The lowest BCUT2D eigenvalue weighted by Gasteiger charge is -2.13. The second kappa shape index (κ2) is 9.50. The van der Waals surface area contributed by atoms with Gasteiger partial charge in [-0.05, 0) is 52.6 Å². The fourth-order valence-corrected chi connectivity index (χ4v) is 4.77. The Morgan fingerprint density at radius 2 is 1.21 bits per heavy atom. The predicted octanol–water partition coefficient (Wildman–Crippen LogP) is 8.92. The highest BCUT2D eigenvalue weighted by molar-refractivity contribution is 9.10. The normalized spacial score (nSPS) is 10.7. The summed E-state index contributed by atoms with van der Waals surface area (Å²) in [5.41, 5.74) is 8.52. The molecule has 5 aromatic rings. The van der Waals surface area contributed by atoms with E-state index in [-0.39, 0.29) is 0 Å². The molecular formula is C31H23BrN2. The Bertz CT molecular complexity index is 1480. The summed E-state index contributed by atoms with van der Waals surface area (Å²) in [5.74, 6) is 0.863. The lowest BCUT2D eigenvalue weighted by atomic mass is 9.94. The summed E-state index contributed by atoms with van der Waals surface area (Å²) in [6, 6.07) is 35.6. The summed E-state index contributed by atoms with van der Waals surface area (Å²) < 4.78 is 3.21. The first-order chi connectivity index (χ1) is 16.7. The Morgan fingerprint density at radius 3 is 1.85 bits per heavy atom. The van der Waals surface area contributed by atoms with Crippen molar-refractivity contribution in [1.29, 1.82) is 0 Å². The third-order valence-electron chi connectivity index (χ3n) is 5.89. The van der Waals surface area contributed by atoms with Crippen molar-refractivity contribution in [2.24, 2.45) is 0 Å². The first kappa shape index (κ1) is 21.9. The molecule has 5 rings (SSSR count). The van der Waals surface area contributed by atoms with E-state index in [1.165, 1.54) is 16.7 Å². The van der Waals surface area contributed by atoms with Crippen molar-refractivity contribution in [3.05, 3.63) is 132 Å². The van der Waals surface area contributed by atoms with Gasteiger partial charge in [-0.15, -0.1) is 0 Å². The van der Waals surface area contributed by atoms with Crippen LogP contribution in [0.5, 0.6) is 0 Å². The molecule has 0 saturated carbocycles. The molecule has 0 bridgehead atoms. The van der Waals surface area contributed by atoms with Crippen LogP contribution in [-0.4, -0.2) is 9.55 Å². The van der Waals surface area contributed by atoms with Crippen molar-refractivity contribution >= 4 is 28.1 Å². The molecule has 0 radical (unpaired) electrons. The maximum absolute atomic E-state index is 4.89. The number of hydrogen-bond donors (Lipinski definition) is 0. The number of aromatic nitrogens is 2. The predicted molar refractivity (Wildman–Crippen MR) is 148 cm³/mol. The number of nitrogens with zero attached hydrogens (tertiary/aromatic N) is 2. The van der Waals surface area contributed by atoms with Crippen LogP contribution in [0, 0.1) is 0 Å². The van der Waals surface area contributed by atoms with E-state index in [4.69, 9.17) is 4.98 Å². The number of rotatable bonds is 6. The molecule has 0 spiro atoms. The smallest absolute Gasteiger partial charge is 0.145 e. The largest absolute Gasteiger partial charge is 0.292 e. The van der Waals surface area contributed by atoms with Gasteiger partial charge in [-0.1, -0.05) is 114 Å². The topological polar surface area (TPSA) is 17.8 Å². The zero-order valence-corrected chi connectivity index (χ0v) is 20.2. The van der Waals surface area contributed by atoms with Gasteiger partial charge in [0, 0.05) is 15.7 Å². The number of halogens is 1. The zero-order chi connectivity index (χ0) is 23.5. The molecular weight excluding hydrogens is 480 g/mol. The molecule has 0 saturated heterocycles. The molecule has 0 fully saturated rings. The van der Waals surface area contributed by atoms with E-state index in [1.807, 2.05) is 30.3 Å². The first-order valence-electron chi connectivity index (χ1n) is 11.1. The fourth-order valence-electron chi connectivity index (χ4n) is 4.28. The second-order valence-corrected chi connectivity index (χ2v) is 8.74. The van der Waals surface area contributed by atoms with Gasteiger partial charge in [0.1, 0.15) is 5.82 Å². The van der Waals surface area contributed by atoms with Gasteiger partial charge in [0.2, 0.25) is 0 Å². The molecule has 4 aromatic carbocycles. The Hall–Kier alpha value is -3.95. The van der Waals surface area contributed by atoms with Crippen LogP contribution in [0.2, 0.25) is 0 Å². The van der Waals surface area contributed by atoms with Gasteiger partial charge in [0.15, 0.2) is 0 Å². The van der Waals surface area contributed by atoms with Gasteiger partial charge in [-0.3, -0.25) is 4.57 Å². The first-order valence-corrected chi connectivity index (χ1v) is 11.9. The van der Waals surface area contributed by atoms with Crippen LogP contribution in [0.25, 0.3) is 51.5 Å². The Kier molecular flexibility index (Phi) is 6.11. The Morgan fingerprint density at radius 1 is 0.618 bits per heavy atom. The molecule has 0 unspecified atom stereocenters. The summed E-state index contributed by atoms with van der Waals surface area (Å²) in [5, 5.41) is 0. The highest BCUT2D eigenvalue weighted by Crippen LogP contribution is 2.37. The molecule has 0 aliphatic carbocycles. The molecule has 0 aliphatic rings. The summed E-state index contributed by atoms with van der Waals surface area (Å²) in [6.07, 6.45) is 3.62. The van der Waals surface area contributed by atoms with Crippen LogP contribution in [0.15, 0.2) is 121 Å². The summed E-state index contributed by atoms with van der Waals surface area (Å²) in [7, 11) is 0. The third kappa shape index (κ3) is 3.95. The molecule has 0 atom stereocenters. The zero-order valence-electron chi connectivity index (χ0n) is 18.7. The van der Waals surface area contributed by atoms with Crippen LogP contribution >= 0.6 is 15.9 Å². The van der Waals surface area contributed by atoms with Crippen molar-refractivity contribution in [2.75, 3.05) is 0 Å². The van der Waals surface area contributed by atoms with E-state index in [1.54, 1.807) is 6.08 Å². The van der Waals surface area contributed by atoms with Gasteiger partial charge in [0.25, 0.3) is 0 Å². The highest BCUT2D eigenvalue weighted by atomic mass is 79.9. The average molecular weight is 503 g/mol.